The van der Waals surface area contributed by atoms with E-state index in [0.29, 0.717) is 24.9 Å². The minimum absolute atomic E-state index is 0.145. The molecule has 0 aromatic carbocycles. The van der Waals surface area contributed by atoms with E-state index < -0.39 is 11.9 Å². The van der Waals surface area contributed by atoms with Gasteiger partial charge < -0.3 is 20.4 Å². The lowest BCUT2D eigenvalue weighted by molar-refractivity contribution is -0.138. The Morgan fingerprint density at radius 3 is 1.37 bits per heavy atom. The van der Waals surface area contributed by atoms with Crippen molar-refractivity contribution in [3.05, 3.63) is 24.3 Å². The Bertz CT molecular complexity index is 1040. The molecule has 0 unspecified atom stereocenters. The van der Waals surface area contributed by atoms with E-state index in [2.05, 4.69) is 48.0 Å². The number of allylic oxidation sites excluding steroid dienone is 2. The van der Waals surface area contributed by atoms with Crippen molar-refractivity contribution in [1.82, 2.24) is 9.80 Å². The van der Waals surface area contributed by atoms with Crippen LogP contribution in [0.15, 0.2) is 24.3 Å². The highest BCUT2D eigenvalue weighted by Crippen LogP contribution is 2.49. The highest BCUT2D eigenvalue weighted by atomic mass is 35.5. The molecule has 6 atom stereocenters. The molecule has 0 radical (unpaired) electrons. The van der Waals surface area contributed by atoms with Crippen LogP contribution in [-0.4, -0.2) is 103 Å². The van der Waals surface area contributed by atoms with Gasteiger partial charge in [0, 0.05) is 24.9 Å². The molecule has 0 amide bonds. The molecule has 0 bridgehead atoms. The number of carboxylic acid groups (broad SMARTS) is 2. The maximum Gasteiger partial charge on any atom is 0.303 e. The Morgan fingerprint density at radius 2 is 1.06 bits per heavy atom. The number of carbonyl (C=O) groups is 2. The quantitative estimate of drug-likeness (QED) is 0.0388. The van der Waals surface area contributed by atoms with E-state index in [0.717, 1.165) is 116 Å². The van der Waals surface area contributed by atoms with Crippen LogP contribution in [-0.2, 0) is 9.59 Å². The van der Waals surface area contributed by atoms with E-state index in [4.69, 9.17) is 33.4 Å². The summed E-state index contributed by atoms with van der Waals surface area (Å²) in [6, 6.07) is 0.737. The summed E-state index contributed by atoms with van der Waals surface area (Å²) >= 11 is 13.1. The molecule has 54 heavy (non-hydrogen) atoms. The van der Waals surface area contributed by atoms with Gasteiger partial charge in [-0.2, -0.15) is 0 Å². The number of unbranched alkanes of at least 4 members (excludes halogenated alkanes) is 2. The van der Waals surface area contributed by atoms with Crippen LogP contribution in [0.5, 0.6) is 0 Å². The molecule has 8 nitrogen and oxygen atoms in total. The van der Waals surface area contributed by atoms with Crippen LogP contribution >= 0.6 is 23.2 Å². The Labute approximate surface area is 338 Å². The van der Waals surface area contributed by atoms with Crippen molar-refractivity contribution in [2.75, 3.05) is 26.2 Å². The van der Waals surface area contributed by atoms with Crippen LogP contribution in [0.4, 0.5) is 0 Å². The fraction of sp³-hybridized carbons (Fsp3) is 0.864. The molecule has 2 saturated heterocycles. The summed E-state index contributed by atoms with van der Waals surface area (Å²) in [5.41, 5.74) is 0.430. The van der Waals surface area contributed by atoms with E-state index in [-0.39, 0.29) is 46.6 Å². The number of aliphatic hydroxyl groups excluding tert-OH is 2. The fourth-order valence-corrected chi connectivity index (χ4v) is 10.4. The minimum Gasteiger partial charge on any atom is -0.481 e. The smallest absolute Gasteiger partial charge is 0.303 e. The lowest BCUT2D eigenvalue weighted by Gasteiger charge is -2.46. The number of aliphatic hydroxyl groups is 2. The van der Waals surface area contributed by atoms with Gasteiger partial charge in [-0.05, 0) is 153 Å². The molecule has 2 saturated carbocycles. The van der Waals surface area contributed by atoms with Gasteiger partial charge in [-0.3, -0.25) is 19.4 Å². The highest BCUT2D eigenvalue weighted by Gasteiger charge is 2.43. The van der Waals surface area contributed by atoms with Gasteiger partial charge >= 0.3 is 11.9 Å². The maximum absolute atomic E-state index is 10.7. The van der Waals surface area contributed by atoms with Crippen molar-refractivity contribution in [3.8, 4) is 0 Å². The standard InChI is InChI=1S/2C22H38ClNO3/c2*1-2-13-22(14-8-15-22)20(25)10-7-16-24-17-12-18(23)19(24)9-5-3-4-6-11-21(26)27/h2*3,5,18-20,25H,2,4,6-17H2,1H3,(H,26,27)/b2*5-3-/t18-,19+,20+;18-,19+,20-/m11/s1. The first-order chi connectivity index (χ1) is 26.0. The number of hydrogen-bond acceptors (Lipinski definition) is 6. The average molecular weight is 800 g/mol. The zero-order valence-electron chi connectivity index (χ0n) is 33.8. The number of alkyl halides is 2. The number of halogens is 2. The second-order valence-electron chi connectivity index (χ2n) is 17.1. The number of aliphatic carboxylic acids is 2. The predicted octanol–water partition coefficient (Wildman–Crippen LogP) is 9.96. The number of carboxylic acids is 2. The molecule has 4 N–H and O–H groups in total. The summed E-state index contributed by atoms with van der Waals surface area (Å²) in [6.45, 7) is 8.55. The Hall–Kier alpha value is -1.16. The van der Waals surface area contributed by atoms with Gasteiger partial charge in [-0.15, -0.1) is 23.2 Å². The normalized spacial score (nSPS) is 26.3. The van der Waals surface area contributed by atoms with Gasteiger partial charge in [-0.1, -0.05) is 63.8 Å². The van der Waals surface area contributed by atoms with Crippen molar-refractivity contribution in [2.45, 2.75) is 203 Å². The van der Waals surface area contributed by atoms with E-state index >= 15 is 0 Å². The number of likely N-dealkylation sites (tertiary alicyclic amines) is 2. The van der Waals surface area contributed by atoms with Crippen LogP contribution in [0.2, 0.25) is 0 Å². The zero-order valence-corrected chi connectivity index (χ0v) is 35.3. The van der Waals surface area contributed by atoms with Crippen molar-refractivity contribution < 1.29 is 30.0 Å². The molecule has 0 aromatic rings. The van der Waals surface area contributed by atoms with Crippen molar-refractivity contribution in [1.29, 1.82) is 0 Å². The monoisotopic (exact) mass is 799 g/mol. The van der Waals surface area contributed by atoms with Crippen LogP contribution in [0, 0.1) is 10.8 Å². The lowest BCUT2D eigenvalue weighted by Crippen LogP contribution is -2.42. The zero-order chi connectivity index (χ0) is 39.4. The lowest BCUT2D eigenvalue weighted by atomic mass is 9.62. The Morgan fingerprint density at radius 1 is 0.667 bits per heavy atom. The summed E-state index contributed by atoms with van der Waals surface area (Å²) < 4.78 is 0. The highest BCUT2D eigenvalue weighted by molar-refractivity contribution is 6.21. The first-order valence-corrected chi connectivity index (χ1v) is 22.7. The van der Waals surface area contributed by atoms with E-state index in [1.165, 1.54) is 38.5 Å². The number of nitrogens with zero attached hydrogens (tertiary/aromatic N) is 2. The first kappa shape index (κ1) is 47.2. The van der Waals surface area contributed by atoms with Crippen molar-refractivity contribution in [3.63, 3.8) is 0 Å². The van der Waals surface area contributed by atoms with Gasteiger partial charge in [0.15, 0.2) is 0 Å². The largest absolute Gasteiger partial charge is 0.481 e. The van der Waals surface area contributed by atoms with E-state index in [9.17, 15) is 19.8 Å². The van der Waals surface area contributed by atoms with E-state index in [1.807, 2.05) is 0 Å². The summed E-state index contributed by atoms with van der Waals surface area (Å²) in [6.07, 6.45) is 31.5. The van der Waals surface area contributed by atoms with Crippen LogP contribution in [0.1, 0.15) is 168 Å². The van der Waals surface area contributed by atoms with Crippen LogP contribution in [0.3, 0.4) is 0 Å². The second kappa shape index (κ2) is 25.3. The average Bonchev–Trinajstić information content (AvgIpc) is 3.63. The van der Waals surface area contributed by atoms with E-state index in [1.54, 1.807) is 0 Å². The molecule has 10 heteroatoms. The fourth-order valence-electron chi connectivity index (χ4n) is 9.70. The molecular formula is C44H76Cl2N2O6. The molecule has 4 rings (SSSR count). The van der Waals surface area contributed by atoms with Crippen LogP contribution < -0.4 is 0 Å². The van der Waals surface area contributed by atoms with Gasteiger partial charge in [0.2, 0.25) is 0 Å². The van der Waals surface area contributed by atoms with Gasteiger partial charge in [-0.25, -0.2) is 0 Å². The molecule has 2 aliphatic carbocycles. The molecule has 312 valence electrons. The molecule has 4 fully saturated rings. The summed E-state index contributed by atoms with van der Waals surface area (Å²) in [4.78, 5) is 26.0. The topological polar surface area (TPSA) is 122 Å². The Kier molecular flexibility index (Phi) is 22.1. The first-order valence-electron chi connectivity index (χ1n) is 21.8. The third-order valence-electron chi connectivity index (χ3n) is 13.2. The minimum atomic E-state index is -0.726. The predicted molar refractivity (Wildman–Crippen MR) is 223 cm³/mol. The van der Waals surface area contributed by atoms with Gasteiger partial charge in [0.25, 0.3) is 0 Å². The van der Waals surface area contributed by atoms with Gasteiger partial charge in [0.05, 0.1) is 23.0 Å². The maximum atomic E-state index is 10.7. The van der Waals surface area contributed by atoms with Crippen LogP contribution in [0.25, 0.3) is 0 Å². The molecular weight excluding hydrogens is 723 g/mol. The van der Waals surface area contributed by atoms with Crippen molar-refractivity contribution >= 4 is 35.1 Å². The van der Waals surface area contributed by atoms with Crippen molar-refractivity contribution in [2.24, 2.45) is 10.8 Å². The number of hydrogen-bond donors (Lipinski definition) is 4. The summed E-state index contributed by atoms with van der Waals surface area (Å²) in [5, 5.41) is 39.1. The molecule has 4 aliphatic rings. The summed E-state index contributed by atoms with van der Waals surface area (Å²) in [7, 11) is 0. The third-order valence-corrected chi connectivity index (χ3v) is 14.2. The third kappa shape index (κ3) is 15.3. The molecule has 2 aliphatic heterocycles. The number of rotatable bonds is 26. The molecule has 2 heterocycles. The second-order valence-corrected chi connectivity index (χ2v) is 18.2. The molecule has 0 aromatic heterocycles. The molecule has 0 spiro atoms. The SMILES string of the molecule is CCCC1([C@@H](O)CCCN2CC[C@@H](Cl)[C@@H]2C/C=C\CCCC(=O)O)CCC1.CCCC1([C@H](O)CCCN2CC[C@@H](Cl)[C@@H]2C/C=C\CCCC(=O)O)CCC1. The summed E-state index contributed by atoms with van der Waals surface area (Å²) in [5.74, 6) is -1.45. The van der Waals surface area contributed by atoms with Gasteiger partial charge in [0.1, 0.15) is 0 Å². The Balaban J connectivity index is 0.000000290.